The van der Waals surface area contributed by atoms with Gasteiger partial charge in [0.2, 0.25) is 0 Å². The Morgan fingerprint density at radius 2 is 1.44 bits per heavy atom. The normalized spacial score (nSPS) is 8.89. The van der Waals surface area contributed by atoms with E-state index >= 15 is 0 Å². The van der Waals surface area contributed by atoms with Crippen LogP contribution in [0.4, 0.5) is 0 Å². The van der Waals surface area contributed by atoms with Crippen LogP contribution in [0.2, 0.25) is 0 Å². The first-order valence-corrected chi connectivity index (χ1v) is 5.15. The van der Waals surface area contributed by atoms with Gasteiger partial charge >= 0.3 is 0 Å². The van der Waals surface area contributed by atoms with Crippen LogP contribution in [0.25, 0.3) is 21.9 Å². The number of hydrogen-bond acceptors (Lipinski definition) is 0. The average Bonchev–Trinajstić information content (AvgIpc) is 2.78. The maximum Gasteiger partial charge on any atom is 0 e. The third-order valence-electron chi connectivity index (χ3n) is 2.76. The van der Waals surface area contributed by atoms with E-state index in [0.29, 0.717) is 0 Å². The van der Waals surface area contributed by atoms with Crippen molar-refractivity contribution in [2.24, 2.45) is 0 Å². The summed E-state index contributed by atoms with van der Waals surface area (Å²) in [6.45, 7) is 0. The molecule has 0 spiro atoms. The maximum absolute atomic E-state index is 2.18. The standard InChI is InChI=1S/C15H11.2ClH.Ti/c1-2-6-12(7-3-1)14-10-4-8-13-9-5-11-15(13)14;;;/h1-11H;2*1H;/q-1;;;. The Morgan fingerprint density at radius 1 is 0.722 bits per heavy atom. The largest absolute Gasteiger partial charge is 0.168 e. The number of benzene rings is 2. The first-order valence-electron chi connectivity index (χ1n) is 5.15. The van der Waals surface area contributed by atoms with Crippen molar-refractivity contribution >= 4 is 35.6 Å². The fourth-order valence-electron chi connectivity index (χ4n) is 2.03. The van der Waals surface area contributed by atoms with E-state index in [1.807, 2.05) is 0 Å². The Morgan fingerprint density at radius 3 is 2.17 bits per heavy atom. The van der Waals surface area contributed by atoms with Crippen LogP contribution < -0.4 is 0 Å². The van der Waals surface area contributed by atoms with Crippen molar-refractivity contribution in [1.29, 1.82) is 0 Å². The van der Waals surface area contributed by atoms with Crippen LogP contribution in [0.5, 0.6) is 0 Å². The van der Waals surface area contributed by atoms with Crippen molar-refractivity contribution in [2.45, 2.75) is 0 Å². The summed E-state index contributed by atoms with van der Waals surface area (Å²) in [5.41, 5.74) is 2.60. The number of hydrogen-bond donors (Lipinski definition) is 0. The van der Waals surface area contributed by atoms with Gasteiger partial charge in [0.05, 0.1) is 0 Å². The molecule has 0 saturated carbocycles. The van der Waals surface area contributed by atoms with E-state index < -0.39 is 0 Å². The Hall–Kier alpha value is -0.656. The summed E-state index contributed by atoms with van der Waals surface area (Å²) in [4.78, 5) is 0. The van der Waals surface area contributed by atoms with Gasteiger partial charge < -0.3 is 0 Å². The molecule has 0 radical (unpaired) electrons. The van der Waals surface area contributed by atoms with E-state index in [1.165, 1.54) is 21.9 Å². The predicted octanol–water partition coefficient (Wildman–Crippen LogP) is 5.07. The van der Waals surface area contributed by atoms with Crippen molar-refractivity contribution in [3.8, 4) is 11.1 Å². The van der Waals surface area contributed by atoms with Gasteiger partial charge in [0, 0.05) is 21.7 Å². The third kappa shape index (κ3) is 3.21. The number of fused-ring (bicyclic) bond motifs is 1. The minimum atomic E-state index is 0. The Labute approximate surface area is 134 Å². The molecule has 0 saturated heterocycles. The molecule has 0 nitrogen and oxygen atoms in total. The van der Waals surface area contributed by atoms with Gasteiger partial charge in [0.15, 0.2) is 0 Å². The van der Waals surface area contributed by atoms with E-state index in [0.717, 1.165) is 0 Å². The second-order valence-electron chi connectivity index (χ2n) is 3.70. The molecule has 0 unspecified atom stereocenters. The molecule has 3 rings (SSSR count). The summed E-state index contributed by atoms with van der Waals surface area (Å²) in [7, 11) is 0. The molecule has 0 aliphatic heterocycles. The van der Waals surface area contributed by atoms with Crippen molar-refractivity contribution in [3.05, 3.63) is 66.7 Å². The van der Waals surface area contributed by atoms with E-state index in [1.54, 1.807) is 0 Å². The van der Waals surface area contributed by atoms with Crippen LogP contribution >= 0.6 is 24.8 Å². The molecule has 3 aromatic carbocycles. The maximum atomic E-state index is 2.18. The van der Waals surface area contributed by atoms with Gasteiger partial charge in [-0.15, -0.1) is 53.8 Å². The van der Waals surface area contributed by atoms with E-state index in [2.05, 4.69) is 66.7 Å². The SMILES string of the molecule is Cl.Cl.[Ti].c1ccc(-c2cccc3[cH-]ccc23)cc1. The average molecular weight is 312 g/mol. The molecule has 0 heterocycles. The van der Waals surface area contributed by atoms with E-state index in [4.69, 9.17) is 0 Å². The second-order valence-corrected chi connectivity index (χ2v) is 3.70. The molecule has 0 amide bonds. The molecule has 0 N–H and O–H groups in total. The fourth-order valence-corrected chi connectivity index (χ4v) is 2.03. The predicted molar refractivity (Wildman–Crippen MR) is 79.5 cm³/mol. The first kappa shape index (κ1) is 17.3. The molecule has 0 aromatic heterocycles. The summed E-state index contributed by atoms with van der Waals surface area (Å²) in [5, 5.41) is 2.65. The summed E-state index contributed by atoms with van der Waals surface area (Å²) >= 11 is 0. The van der Waals surface area contributed by atoms with Gasteiger partial charge in [0.1, 0.15) is 0 Å². The summed E-state index contributed by atoms with van der Waals surface area (Å²) < 4.78 is 0. The molecule has 92 valence electrons. The quantitative estimate of drug-likeness (QED) is 0.435. The molecule has 3 aromatic rings. The summed E-state index contributed by atoms with van der Waals surface area (Å²) in [6, 6.07) is 23.4. The minimum absolute atomic E-state index is 0. The van der Waals surface area contributed by atoms with Crippen LogP contribution in [0.3, 0.4) is 0 Å². The van der Waals surface area contributed by atoms with Crippen LogP contribution in [0.15, 0.2) is 66.7 Å². The van der Waals surface area contributed by atoms with Gasteiger partial charge in [-0.05, 0) is 5.56 Å². The van der Waals surface area contributed by atoms with Crippen LogP contribution in [-0.4, -0.2) is 0 Å². The van der Waals surface area contributed by atoms with Crippen LogP contribution in [0.1, 0.15) is 0 Å². The van der Waals surface area contributed by atoms with Gasteiger partial charge in [-0.1, -0.05) is 42.0 Å². The number of halogens is 2. The zero-order chi connectivity index (χ0) is 10.1. The molecular formula is C15H13Cl2Ti-. The van der Waals surface area contributed by atoms with Crippen molar-refractivity contribution in [3.63, 3.8) is 0 Å². The zero-order valence-corrected chi connectivity index (χ0v) is 12.9. The van der Waals surface area contributed by atoms with Crippen molar-refractivity contribution in [1.82, 2.24) is 0 Å². The Bertz CT molecular complexity index is 588. The molecule has 3 heteroatoms. The van der Waals surface area contributed by atoms with Crippen molar-refractivity contribution < 1.29 is 21.7 Å². The van der Waals surface area contributed by atoms with Gasteiger partial charge in [-0.3, -0.25) is 0 Å². The molecule has 18 heavy (non-hydrogen) atoms. The van der Waals surface area contributed by atoms with Gasteiger partial charge in [-0.25, -0.2) is 0 Å². The smallest absolute Gasteiger partial charge is 0 e. The molecule has 0 aliphatic rings. The molecule has 0 bridgehead atoms. The fraction of sp³-hybridized carbons (Fsp3) is 0. The topological polar surface area (TPSA) is 0 Å². The molecule has 0 aliphatic carbocycles. The first-order chi connectivity index (χ1) is 7.45. The minimum Gasteiger partial charge on any atom is -0.168 e. The zero-order valence-electron chi connectivity index (χ0n) is 9.67. The molecular weight excluding hydrogens is 299 g/mol. The summed E-state index contributed by atoms with van der Waals surface area (Å²) in [6.07, 6.45) is 0. The second kappa shape index (κ2) is 7.71. The molecule has 0 fully saturated rings. The molecule has 0 atom stereocenters. The summed E-state index contributed by atoms with van der Waals surface area (Å²) in [5.74, 6) is 0. The van der Waals surface area contributed by atoms with Crippen molar-refractivity contribution in [2.75, 3.05) is 0 Å². The van der Waals surface area contributed by atoms with Crippen LogP contribution in [-0.2, 0) is 21.7 Å². The van der Waals surface area contributed by atoms with E-state index in [-0.39, 0.29) is 46.5 Å². The Kier molecular flexibility index (Phi) is 7.43. The Balaban J connectivity index is 0.000000963. The van der Waals surface area contributed by atoms with Crippen LogP contribution in [0, 0.1) is 0 Å². The number of rotatable bonds is 1. The monoisotopic (exact) mass is 311 g/mol. The van der Waals surface area contributed by atoms with E-state index in [9.17, 15) is 0 Å². The van der Waals surface area contributed by atoms with Gasteiger partial charge in [0.25, 0.3) is 0 Å². The van der Waals surface area contributed by atoms with Gasteiger partial charge in [-0.2, -0.15) is 12.1 Å². The third-order valence-corrected chi connectivity index (χ3v) is 2.76.